The summed E-state index contributed by atoms with van der Waals surface area (Å²) in [7, 11) is 0. The fraction of sp³-hybridized carbons (Fsp3) is 0.200. The molecule has 1 atom stereocenters. The summed E-state index contributed by atoms with van der Waals surface area (Å²) in [5, 5.41) is 12.8. The summed E-state index contributed by atoms with van der Waals surface area (Å²) in [6, 6.07) is 15.2. The van der Waals surface area contributed by atoms with E-state index in [9.17, 15) is 19.5 Å². The van der Waals surface area contributed by atoms with Crippen LogP contribution in [-0.2, 0) is 16.0 Å². The van der Waals surface area contributed by atoms with Crippen LogP contribution in [0.2, 0.25) is 0 Å². The number of carboxylic acid groups (broad SMARTS) is 1. The van der Waals surface area contributed by atoms with Crippen LogP contribution in [0.3, 0.4) is 0 Å². The van der Waals surface area contributed by atoms with E-state index in [4.69, 9.17) is 0 Å². The Hall–Kier alpha value is -3.13. The molecule has 3 aromatic rings. The van der Waals surface area contributed by atoms with Crippen molar-refractivity contribution in [3.05, 3.63) is 70.5 Å². The van der Waals surface area contributed by atoms with E-state index < -0.39 is 12.0 Å². The van der Waals surface area contributed by atoms with Crippen molar-refractivity contribution in [1.29, 1.82) is 0 Å². The van der Waals surface area contributed by atoms with Gasteiger partial charge in [0.15, 0.2) is 5.16 Å². The Balaban J connectivity index is 1.55. The Morgan fingerprint density at radius 1 is 1.11 bits per heavy atom. The van der Waals surface area contributed by atoms with Crippen molar-refractivity contribution in [2.24, 2.45) is 0 Å². The average molecular weight is 397 g/mol. The van der Waals surface area contributed by atoms with Gasteiger partial charge in [-0.2, -0.15) is 0 Å². The molecule has 3 rings (SSSR count). The highest BCUT2D eigenvalue weighted by atomic mass is 32.2. The van der Waals surface area contributed by atoms with E-state index in [0.29, 0.717) is 21.8 Å². The zero-order chi connectivity index (χ0) is 19.9. The van der Waals surface area contributed by atoms with Crippen LogP contribution in [0.4, 0.5) is 0 Å². The first-order valence-electron chi connectivity index (χ1n) is 8.71. The number of hydrogen-bond donors (Lipinski definition) is 3. The number of thioether (sulfide) groups is 1. The normalized spacial score (nSPS) is 11.9. The predicted octanol–water partition coefficient (Wildman–Crippen LogP) is 2.22. The Morgan fingerprint density at radius 2 is 1.82 bits per heavy atom. The molecule has 28 heavy (non-hydrogen) atoms. The van der Waals surface area contributed by atoms with Gasteiger partial charge in [0.1, 0.15) is 6.04 Å². The minimum Gasteiger partial charge on any atom is -0.480 e. The molecule has 8 heteroatoms. The van der Waals surface area contributed by atoms with Crippen molar-refractivity contribution in [3.8, 4) is 0 Å². The summed E-state index contributed by atoms with van der Waals surface area (Å²) < 4.78 is 0. The lowest BCUT2D eigenvalue weighted by atomic mass is 10.1. The zero-order valence-corrected chi connectivity index (χ0v) is 15.7. The maximum absolute atomic E-state index is 12.1. The number of carbonyl (C=O) groups excluding carboxylic acids is 1. The molecule has 0 radical (unpaired) electrons. The van der Waals surface area contributed by atoms with Gasteiger partial charge in [-0.15, -0.1) is 0 Å². The Labute approximate surface area is 165 Å². The molecule has 7 nitrogen and oxygen atoms in total. The molecule has 0 bridgehead atoms. The number of H-pyrrole nitrogens is 1. The van der Waals surface area contributed by atoms with Gasteiger partial charge in [0.25, 0.3) is 5.56 Å². The first-order chi connectivity index (χ1) is 13.5. The number of hydrogen-bond acceptors (Lipinski definition) is 5. The highest BCUT2D eigenvalue weighted by molar-refractivity contribution is 7.99. The first-order valence-corrected chi connectivity index (χ1v) is 9.69. The van der Waals surface area contributed by atoms with E-state index in [2.05, 4.69) is 15.3 Å². The van der Waals surface area contributed by atoms with E-state index in [1.54, 1.807) is 24.3 Å². The summed E-state index contributed by atoms with van der Waals surface area (Å²) in [5.74, 6) is -1.07. The number of aliphatic carboxylic acids is 1. The topological polar surface area (TPSA) is 112 Å². The Morgan fingerprint density at radius 3 is 2.57 bits per heavy atom. The number of nitrogens with zero attached hydrogens (tertiary/aromatic N) is 1. The second kappa shape index (κ2) is 9.18. The van der Waals surface area contributed by atoms with E-state index in [0.717, 1.165) is 5.56 Å². The predicted molar refractivity (Wildman–Crippen MR) is 107 cm³/mol. The van der Waals surface area contributed by atoms with Gasteiger partial charge in [0.05, 0.1) is 10.9 Å². The number of rotatable bonds is 8. The number of amides is 1. The van der Waals surface area contributed by atoms with Gasteiger partial charge in [-0.25, -0.2) is 9.78 Å². The number of benzene rings is 2. The molecule has 0 saturated carbocycles. The molecule has 1 heterocycles. The van der Waals surface area contributed by atoms with Crippen LogP contribution in [0.15, 0.2) is 64.5 Å². The quantitative estimate of drug-likeness (QED) is 0.397. The Bertz CT molecular complexity index is 1040. The number of fused-ring (bicyclic) bond motifs is 1. The standard InChI is InChI=1S/C20H19N3O4S/c24-17(21-16(19(26)27)12-13-6-2-1-3-7-13)10-11-28-20-22-15-9-5-4-8-14(15)18(25)23-20/h1-9,16H,10-12H2,(H,21,24)(H,26,27)(H,22,23,25)/t16-/m0/s1. The van der Waals surface area contributed by atoms with Crippen molar-refractivity contribution in [2.75, 3.05) is 5.75 Å². The van der Waals surface area contributed by atoms with Gasteiger partial charge in [-0.3, -0.25) is 9.59 Å². The van der Waals surface area contributed by atoms with Crippen LogP contribution in [0.5, 0.6) is 0 Å². The SMILES string of the molecule is O=C(CCSc1nc2ccccc2c(=O)[nH]1)N[C@@H](Cc1ccccc1)C(=O)O. The molecule has 3 N–H and O–H groups in total. The monoisotopic (exact) mass is 397 g/mol. The molecule has 1 aromatic heterocycles. The Kier molecular flexibility index (Phi) is 6.44. The van der Waals surface area contributed by atoms with Crippen molar-refractivity contribution in [2.45, 2.75) is 24.0 Å². The van der Waals surface area contributed by atoms with Crippen LogP contribution < -0.4 is 10.9 Å². The molecular weight excluding hydrogens is 378 g/mol. The summed E-state index contributed by atoms with van der Waals surface area (Å²) in [5.41, 5.74) is 1.20. The van der Waals surface area contributed by atoms with Gasteiger partial charge < -0.3 is 15.4 Å². The molecule has 0 spiro atoms. The molecule has 144 valence electrons. The summed E-state index contributed by atoms with van der Waals surface area (Å²) in [6.07, 6.45) is 0.328. The van der Waals surface area contributed by atoms with Crippen molar-refractivity contribution < 1.29 is 14.7 Å². The molecular formula is C20H19N3O4S. The molecule has 0 aliphatic carbocycles. The van der Waals surface area contributed by atoms with Gasteiger partial charge in [0.2, 0.25) is 5.91 Å². The van der Waals surface area contributed by atoms with Gasteiger partial charge in [-0.05, 0) is 17.7 Å². The molecule has 2 aromatic carbocycles. The van der Waals surface area contributed by atoms with Gasteiger partial charge in [0, 0.05) is 18.6 Å². The summed E-state index contributed by atoms with van der Waals surface area (Å²) in [4.78, 5) is 42.6. The highest BCUT2D eigenvalue weighted by Crippen LogP contribution is 2.15. The summed E-state index contributed by atoms with van der Waals surface area (Å²) in [6.45, 7) is 0. The largest absolute Gasteiger partial charge is 0.480 e. The number of aromatic amines is 1. The third-order valence-electron chi connectivity index (χ3n) is 4.08. The van der Waals surface area contributed by atoms with Crippen LogP contribution in [0.1, 0.15) is 12.0 Å². The first kappa shape index (κ1) is 19.6. The second-order valence-corrected chi connectivity index (χ2v) is 7.22. The molecule has 0 unspecified atom stereocenters. The molecule has 0 saturated heterocycles. The van der Waals surface area contributed by atoms with Crippen LogP contribution >= 0.6 is 11.8 Å². The van der Waals surface area contributed by atoms with E-state index in [1.165, 1.54) is 11.8 Å². The van der Waals surface area contributed by atoms with Crippen molar-refractivity contribution >= 4 is 34.5 Å². The van der Waals surface area contributed by atoms with E-state index in [-0.39, 0.29) is 24.3 Å². The molecule has 0 fully saturated rings. The van der Waals surface area contributed by atoms with Gasteiger partial charge >= 0.3 is 5.97 Å². The van der Waals surface area contributed by atoms with Crippen LogP contribution in [-0.4, -0.2) is 38.7 Å². The lowest BCUT2D eigenvalue weighted by Gasteiger charge is -2.14. The smallest absolute Gasteiger partial charge is 0.326 e. The third kappa shape index (κ3) is 5.20. The number of nitrogens with one attached hydrogen (secondary N) is 2. The fourth-order valence-electron chi connectivity index (χ4n) is 2.69. The molecule has 0 aliphatic rings. The maximum atomic E-state index is 12.1. The lowest BCUT2D eigenvalue weighted by molar-refractivity contribution is -0.141. The van der Waals surface area contributed by atoms with Crippen molar-refractivity contribution in [3.63, 3.8) is 0 Å². The van der Waals surface area contributed by atoms with Crippen LogP contribution in [0.25, 0.3) is 10.9 Å². The van der Waals surface area contributed by atoms with E-state index >= 15 is 0 Å². The number of carboxylic acids is 1. The minimum absolute atomic E-state index is 0.111. The maximum Gasteiger partial charge on any atom is 0.326 e. The number of carbonyl (C=O) groups is 2. The summed E-state index contributed by atoms with van der Waals surface area (Å²) >= 11 is 1.24. The second-order valence-electron chi connectivity index (χ2n) is 6.13. The zero-order valence-electron chi connectivity index (χ0n) is 14.9. The van der Waals surface area contributed by atoms with E-state index in [1.807, 2.05) is 30.3 Å². The average Bonchev–Trinajstić information content (AvgIpc) is 2.68. The number of aromatic nitrogens is 2. The lowest BCUT2D eigenvalue weighted by Crippen LogP contribution is -2.42. The minimum atomic E-state index is -1.08. The van der Waals surface area contributed by atoms with Crippen molar-refractivity contribution in [1.82, 2.24) is 15.3 Å². The number of para-hydroxylation sites is 1. The van der Waals surface area contributed by atoms with Crippen LogP contribution in [0, 0.1) is 0 Å². The highest BCUT2D eigenvalue weighted by Gasteiger charge is 2.20. The van der Waals surface area contributed by atoms with Gasteiger partial charge in [-0.1, -0.05) is 54.2 Å². The molecule has 1 amide bonds. The molecule has 0 aliphatic heterocycles. The third-order valence-corrected chi connectivity index (χ3v) is 4.95. The fourth-order valence-corrected chi connectivity index (χ4v) is 3.50.